The molecule has 1 aliphatic heterocycles. The van der Waals surface area contributed by atoms with Gasteiger partial charge in [-0.2, -0.15) is 12.7 Å². The van der Waals surface area contributed by atoms with Crippen LogP contribution in [0.5, 0.6) is 5.75 Å². The molecule has 0 atom stereocenters. The number of piperidine rings is 1. The Morgan fingerprint density at radius 1 is 1.00 bits per heavy atom. The molecular formula is C30H37N7O6S. The largest absolute Gasteiger partial charge is 0.490 e. The van der Waals surface area contributed by atoms with Crippen molar-refractivity contribution in [1.82, 2.24) is 9.21 Å². The topological polar surface area (TPSA) is 196 Å². The van der Waals surface area contributed by atoms with Gasteiger partial charge in [0.05, 0.1) is 19.0 Å². The number of nitrogens with zero attached hydrogens (tertiary/aromatic N) is 3. The average Bonchev–Trinajstić information content (AvgIpc) is 2.98. The van der Waals surface area contributed by atoms with E-state index in [0.717, 1.165) is 36.7 Å². The molecule has 44 heavy (non-hydrogen) atoms. The molecule has 234 valence electrons. The van der Waals surface area contributed by atoms with Gasteiger partial charge in [0.2, 0.25) is 5.91 Å². The molecule has 0 bridgehead atoms. The van der Waals surface area contributed by atoms with E-state index in [9.17, 15) is 18.0 Å². The predicted octanol–water partition coefficient (Wildman–Crippen LogP) is 3.16. The maximum Gasteiger partial charge on any atom is 0.425 e. The Morgan fingerprint density at radius 3 is 2.25 bits per heavy atom. The fraction of sp³-hybridized carbons (Fsp3) is 0.333. The van der Waals surface area contributed by atoms with Crippen LogP contribution in [0, 0.1) is 10.8 Å². The van der Waals surface area contributed by atoms with Crippen LogP contribution in [-0.4, -0.2) is 73.6 Å². The van der Waals surface area contributed by atoms with Crippen molar-refractivity contribution in [3.8, 4) is 5.75 Å². The summed E-state index contributed by atoms with van der Waals surface area (Å²) in [6, 6.07) is 17.7. The van der Waals surface area contributed by atoms with Crippen LogP contribution in [0.25, 0.3) is 10.8 Å². The lowest BCUT2D eigenvalue weighted by atomic mass is 10.0. The fourth-order valence-corrected chi connectivity index (χ4v) is 5.49. The zero-order chi connectivity index (χ0) is 32.0. The number of rotatable bonds is 10. The Morgan fingerprint density at radius 2 is 1.66 bits per heavy atom. The van der Waals surface area contributed by atoms with E-state index in [1.165, 1.54) is 11.8 Å². The third-order valence-electron chi connectivity index (χ3n) is 7.28. The molecule has 1 fully saturated rings. The Labute approximate surface area is 256 Å². The summed E-state index contributed by atoms with van der Waals surface area (Å²) in [6.45, 7) is 3.80. The van der Waals surface area contributed by atoms with Crippen LogP contribution in [0.2, 0.25) is 0 Å². The van der Waals surface area contributed by atoms with Crippen LogP contribution < -0.4 is 20.5 Å². The number of nitrogen functional groups attached to an aromatic ring is 1. The van der Waals surface area contributed by atoms with Crippen LogP contribution in [0.15, 0.2) is 60.7 Å². The minimum atomic E-state index is -4.60. The highest BCUT2D eigenvalue weighted by Crippen LogP contribution is 2.26. The Balaban J connectivity index is 1.61. The van der Waals surface area contributed by atoms with Crippen molar-refractivity contribution >= 4 is 50.3 Å². The number of carbonyl (C=O) groups is 2. The molecule has 3 aromatic rings. The second-order valence-corrected chi connectivity index (χ2v) is 11.9. The molecule has 1 saturated heterocycles. The first kappa shape index (κ1) is 32.2. The molecule has 0 spiro atoms. The molecule has 4 rings (SSSR count). The van der Waals surface area contributed by atoms with Crippen molar-refractivity contribution in [3.63, 3.8) is 0 Å². The van der Waals surface area contributed by atoms with E-state index < -0.39 is 28.8 Å². The number of likely N-dealkylation sites (tertiary alicyclic amines) is 1. The Bertz CT molecular complexity index is 1650. The van der Waals surface area contributed by atoms with Crippen molar-refractivity contribution in [2.24, 2.45) is 10.9 Å². The molecule has 1 heterocycles. The standard InChI is InChI=1S/C30H37N7O6S/c1-3-42-30(39)37(44(34,40)41)19-28(38)36(18-21-4-5-22-6-7-23(29(32)33)17-24(22)16-21)25-8-10-26(11-9-25)43-27-12-14-35(15-13-27)20(2)31/h4-11,16-17,27,31H,3,12-15,18-19H2,1-2H3,(H3,32,33)(H2,34,40,41). The number of amides is 2. The van der Waals surface area contributed by atoms with Gasteiger partial charge in [-0.25, -0.2) is 9.93 Å². The number of nitrogens with two attached hydrogens (primary N) is 2. The van der Waals surface area contributed by atoms with Crippen molar-refractivity contribution in [2.45, 2.75) is 39.3 Å². The Kier molecular flexibility index (Phi) is 10.1. The number of benzene rings is 3. The van der Waals surface area contributed by atoms with Crippen LogP contribution in [-0.2, 0) is 26.3 Å². The molecule has 13 nitrogen and oxygen atoms in total. The van der Waals surface area contributed by atoms with Crippen molar-refractivity contribution in [2.75, 3.05) is 31.1 Å². The SMILES string of the molecule is CCOC(=O)N(CC(=O)N(Cc1ccc2ccc(C(=N)N)cc2c1)c1ccc(OC2CCN(C(C)=N)CC2)cc1)S(N)(=O)=O. The average molecular weight is 624 g/mol. The number of carbonyl (C=O) groups excluding carboxylic acids is 2. The number of anilines is 1. The highest BCUT2D eigenvalue weighted by Gasteiger charge is 2.31. The first-order valence-corrected chi connectivity index (χ1v) is 15.6. The summed E-state index contributed by atoms with van der Waals surface area (Å²) in [6.07, 6.45) is 0.277. The summed E-state index contributed by atoms with van der Waals surface area (Å²) in [5.41, 5.74) is 7.36. The van der Waals surface area contributed by atoms with Gasteiger partial charge in [0, 0.05) is 37.2 Å². The van der Waals surface area contributed by atoms with E-state index in [4.69, 9.17) is 31.2 Å². The van der Waals surface area contributed by atoms with Gasteiger partial charge in [-0.05, 0) is 66.6 Å². The van der Waals surface area contributed by atoms with E-state index >= 15 is 0 Å². The minimum Gasteiger partial charge on any atom is -0.490 e. The van der Waals surface area contributed by atoms with E-state index in [2.05, 4.69) is 0 Å². The third kappa shape index (κ3) is 8.02. The molecule has 0 unspecified atom stereocenters. The summed E-state index contributed by atoms with van der Waals surface area (Å²) < 4.78 is 35.6. The van der Waals surface area contributed by atoms with Gasteiger partial charge in [-0.3, -0.25) is 15.6 Å². The van der Waals surface area contributed by atoms with Crippen LogP contribution in [0.3, 0.4) is 0 Å². The van der Waals surface area contributed by atoms with Crippen molar-refractivity contribution in [1.29, 1.82) is 10.8 Å². The van der Waals surface area contributed by atoms with Gasteiger partial charge in [0.1, 0.15) is 24.2 Å². The molecule has 3 aromatic carbocycles. The lowest BCUT2D eigenvalue weighted by molar-refractivity contribution is -0.118. The molecule has 1 aliphatic rings. The van der Waals surface area contributed by atoms with E-state index in [1.807, 2.05) is 29.2 Å². The molecule has 14 heteroatoms. The second-order valence-electron chi connectivity index (χ2n) is 10.4. The number of ether oxygens (including phenoxy) is 2. The van der Waals surface area contributed by atoms with Gasteiger partial charge < -0.3 is 25.0 Å². The normalized spacial score (nSPS) is 13.8. The predicted molar refractivity (Wildman–Crippen MR) is 168 cm³/mol. The minimum absolute atomic E-state index is 0.0143. The van der Waals surface area contributed by atoms with Crippen molar-refractivity contribution < 1.29 is 27.5 Å². The Hall–Kier alpha value is -4.69. The first-order valence-electron chi connectivity index (χ1n) is 14.1. The molecule has 0 saturated carbocycles. The van der Waals surface area contributed by atoms with E-state index in [0.29, 0.717) is 28.4 Å². The maximum absolute atomic E-state index is 13.7. The zero-order valence-electron chi connectivity index (χ0n) is 24.7. The van der Waals surface area contributed by atoms with Crippen LogP contribution in [0.4, 0.5) is 10.5 Å². The summed E-state index contributed by atoms with van der Waals surface area (Å²) in [5, 5.41) is 22.5. The summed E-state index contributed by atoms with van der Waals surface area (Å²) in [5.74, 6) is 0.347. The monoisotopic (exact) mass is 623 g/mol. The molecule has 6 N–H and O–H groups in total. The maximum atomic E-state index is 13.7. The van der Waals surface area contributed by atoms with Gasteiger partial charge >= 0.3 is 16.3 Å². The highest BCUT2D eigenvalue weighted by atomic mass is 32.2. The van der Waals surface area contributed by atoms with Crippen LogP contribution in [0.1, 0.15) is 37.8 Å². The van der Waals surface area contributed by atoms with Crippen molar-refractivity contribution in [3.05, 3.63) is 71.8 Å². The van der Waals surface area contributed by atoms with Gasteiger partial charge in [-0.15, -0.1) is 0 Å². The molecule has 0 aromatic heterocycles. The number of fused-ring (bicyclic) bond motifs is 1. The van der Waals surface area contributed by atoms with Crippen LogP contribution >= 0.6 is 0 Å². The lowest BCUT2D eigenvalue weighted by Crippen LogP contribution is -2.48. The van der Waals surface area contributed by atoms with Gasteiger partial charge in [-0.1, -0.05) is 24.3 Å². The number of nitrogens with one attached hydrogen (secondary N) is 2. The quantitative estimate of drug-likeness (QED) is 0.195. The van der Waals surface area contributed by atoms with Gasteiger partial charge in [0.15, 0.2) is 0 Å². The zero-order valence-corrected chi connectivity index (χ0v) is 25.5. The molecule has 2 amide bonds. The van der Waals surface area contributed by atoms with Gasteiger partial charge in [0.25, 0.3) is 0 Å². The third-order valence-corrected chi connectivity index (χ3v) is 8.17. The number of hydrogen-bond acceptors (Lipinski definition) is 8. The smallest absolute Gasteiger partial charge is 0.425 e. The second kappa shape index (κ2) is 13.7. The molecule has 0 aliphatic carbocycles. The fourth-order valence-electron chi connectivity index (χ4n) is 4.94. The lowest BCUT2D eigenvalue weighted by Gasteiger charge is -2.33. The highest BCUT2D eigenvalue weighted by molar-refractivity contribution is 7.87. The number of amidine groups is 2. The number of hydrogen-bond donors (Lipinski definition) is 4. The summed E-state index contributed by atoms with van der Waals surface area (Å²) >= 11 is 0. The summed E-state index contributed by atoms with van der Waals surface area (Å²) in [4.78, 5) is 29.4. The summed E-state index contributed by atoms with van der Waals surface area (Å²) in [7, 11) is -4.60. The van der Waals surface area contributed by atoms with E-state index in [1.54, 1.807) is 43.3 Å². The molecular weight excluding hydrogens is 586 g/mol. The van der Waals surface area contributed by atoms with E-state index in [-0.39, 0.29) is 29.4 Å². The molecule has 0 radical (unpaired) electrons. The first-order chi connectivity index (χ1) is 20.8.